The van der Waals surface area contributed by atoms with E-state index < -0.39 is 12.1 Å². The van der Waals surface area contributed by atoms with E-state index in [2.05, 4.69) is 15.0 Å². The molecule has 0 bridgehead atoms. The van der Waals surface area contributed by atoms with Crippen molar-refractivity contribution in [2.24, 2.45) is 5.73 Å². The third kappa shape index (κ3) is 3.95. The minimum Gasteiger partial charge on any atom is -0.465 e. The van der Waals surface area contributed by atoms with E-state index in [0.717, 1.165) is 0 Å². The molecule has 0 aliphatic rings. The molecule has 2 N–H and O–H groups in total. The SMILES string of the molecule is CCOC(=O)Cn1cc(COC(N)=O)nn1. The van der Waals surface area contributed by atoms with Crippen LogP contribution >= 0.6 is 0 Å². The Labute approximate surface area is 91.3 Å². The molecular weight excluding hydrogens is 216 g/mol. The molecule has 1 amide bonds. The van der Waals surface area contributed by atoms with Gasteiger partial charge in [0.2, 0.25) is 0 Å². The Bertz CT molecular complexity index is 376. The number of aromatic nitrogens is 3. The Kier molecular flexibility index (Phi) is 4.25. The van der Waals surface area contributed by atoms with E-state index in [4.69, 9.17) is 10.5 Å². The number of amides is 1. The maximum atomic E-state index is 11.1. The van der Waals surface area contributed by atoms with Gasteiger partial charge in [0, 0.05) is 0 Å². The fraction of sp³-hybridized carbons (Fsp3) is 0.500. The van der Waals surface area contributed by atoms with Crippen LogP contribution in [-0.2, 0) is 27.4 Å². The van der Waals surface area contributed by atoms with Crippen molar-refractivity contribution in [1.29, 1.82) is 0 Å². The first-order valence-electron chi connectivity index (χ1n) is 4.58. The Morgan fingerprint density at radius 2 is 2.25 bits per heavy atom. The molecular formula is C8H12N4O4. The lowest BCUT2D eigenvalue weighted by molar-refractivity contribution is -0.144. The summed E-state index contributed by atoms with van der Waals surface area (Å²) < 4.78 is 10.5. The van der Waals surface area contributed by atoms with Crippen molar-refractivity contribution in [3.05, 3.63) is 11.9 Å². The summed E-state index contributed by atoms with van der Waals surface area (Å²) in [7, 11) is 0. The van der Waals surface area contributed by atoms with Crippen molar-refractivity contribution in [1.82, 2.24) is 15.0 Å². The predicted octanol–water partition coefficient (Wildman–Crippen LogP) is -0.563. The minimum atomic E-state index is -0.889. The Hall–Kier alpha value is -2.12. The Balaban J connectivity index is 2.45. The maximum Gasteiger partial charge on any atom is 0.404 e. The van der Waals surface area contributed by atoms with Gasteiger partial charge in [0.15, 0.2) is 0 Å². The second-order valence-corrected chi connectivity index (χ2v) is 2.82. The second kappa shape index (κ2) is 5.69. The topological polar surface area (TPSA) is 109 Å². The zero-order valence-corrected chi connectivity index (χ0v) is 8.75. The molecule has 0 saturated carbocycles. The molecule has 1 rings (SSSR count). The third-order valence-electron chi connectivity index (χ3n) is 1.54. The van der Waals surface area contributed by atoms with Gasteiger partial charge >= 0.3 is 12.1 Å². The number of hydrogen-bond donors (Lipinski definition) is 1. The number of esters is 1. The number of rotatable bonds is 5. The molecule has 0 atom stereocenters. The molecule has 0 saturated heterocycles. The second-order valence-electron chi connectivity index (χ2n) is 2.82. The summed E-state index contributed by atoms with van der Waals surface area (Å²) in [6.45, 7) is 1.92. The van der Waals surface area contributed by atoms with Gasteiger partial charge in [-0.15, -0.1) is 5.10 Å². The Morgan fingerprint density at radius 3 is 2.88 bits per heavy atom. The molecule has 1 aromatic rings. The highest BCUT2D eigenvalue weighted by Crippen LogP contribution is 1.96. The summed E-state index contributed by atoms with van der Waals surface area (Å²) in [5, 5.41) is 7.32. The smallest absolute Gasteiger partial charge is 0.404 e. The number of ether oxygens (including phenoxy) is 2. The van der Waals surface area contributed by atoms with Gasteiger partial charge < -0.3 is 15.2 Å². The number of primary amides is 1. The van der Waals surface area contributed by atoms with Crippen LogP contribution in [-0.4, -0.2) is 33.7 Å². The highest BCUT2D eigenvalue weighted by atomic mass is 16.5. The van der Waals surface area contributed by atoms with Crippen molar-refractivity contribution in [2.75, 3.05) is 6.61 Å². The summed E-state index contributed by atoms with van der Waals surface area (Å²) in [6, 6.07) is 0. The number of nitrogens with two attached hydrogens (primary N) is 1. The van der Waals surface area contributed by atoms with E-state index >= 15 is 0 Å². The van der Waals surface area contributed by atoms with Crippen LogP contribution in [0.3, 0.4) is 0 Å². The van der Waals surface area contributed by atoms with Gasteiger partial charge in [-0.2, -0.15) is 0 Å². The van der Waals surface area contributed by atoms with Crippen LogP contribution in [0.15, 0.2) is 6.20 Å². The van der Waals surface area contributed by atoms with Crippen molar-refractivity contribution in [3.63, 3.8) is 0 Å². The van der Waals surface area contributed by atoms with Crippen LogP contribution in [0.25, 0.3) is 0 Å². The Morgan fingerprint density at radius 1 is 1.50 bits per heavy atom. The largest absolute Gasteiger partial charge is 0.465 e. The quantitative estimate of drug-likeness (QED) is 0.676. The van der Waals surface area contributed by atoms with Gasteiger partial charge in [-0.1, -0.05) is 5.21 Å². The third-order valence-corrected chi connectivity index (χ3v) is 1.54. The van der Waals surface area contributed by atoms with Crippen LogP contribution < -0.4 is 5.73 Å². The molecule has 0 aliphatic carbocycles. The van der Waals surface area contributed by atoms with Crippen LogP contribution in [0.5, 0.6) is 0 Å². The molecule has 88 valence electrons. The molecule has 16 heavy (non-hydrogen) atoms. The molecule has 0 spiro atoms. The van der Waals surface area contributed by atoms with Crippen molar-refractivity contribution in [3.8, 4) is 0 Å². The molecule has 0 fully saturated rings. The number of carbonyl (C=O) groups excluding carboxylic acids is 2. The number of nitrogens with zero attached hydrogens (tertiary/aromatic N) is 3. The molecule has 8 nitrogen and oxygen atoms in total. The molecule has 0 unspecified atom stereocenters. The van der Waals surface area contributed by atoms with Gasteiger partial charge in [-0.05, 0) is 6.92 Å². The van der Waals surface area contributed by atoms with Gasteiger partial charge in [-0.25, -0.2) is 9.48 Å². The molecule has 0 aliphatic heterocycles. The van der Waals surface area contributed by atoms with Gasteiger partial charge in [0.05, 0.1) is 12.8 Å². The van der Waals surface area contributed by atoms with Gasteiger partial charge in [-0.3, -0.25) is 4.79 Å². The summed E-state index contributed by atoms with van der Waals surface area (Å²) in [6.07, 6.45) is 0.583. The molecule has 1 aromatic heterocycles. The average Bonchev–Trinajstić information content (AvgIpc) is 2.63. The molecule has 0 aromatic carbocycles. The summed E-state index contributed by atoms with van der Waals surface area (Å²) in [5.41, 5.74) is 5.18. The van der Waals surface area contributed by atoms with E-state index in [0.29, 0.717) is 12.3 Å². The van der Waals surface area contributed by atoms with Crippen molar-refractivity contribution < 1.29 is 19.1 Å². The standard InChI is InChI=1S/C8H12N4O4/c1-2-15-7(13)4-12-3-6(10-11-12)5-16-8(9)14/h3H,2,4-5H2,1H3,(H2,9,14). The number of hydrogen-bond acceptors (Lipinski definition) is 6. The van der Waals surface area contributed by atoms with E-state index in [1.165, 1.54) is 10.9 Å². The van der Waals surface area contributed by atoms with Crippen molar-refractivity contribution in [2.45, 2.75) is 20.1 Å². The maximum absolute atomic E-state index is 11.1. The summed E-state index contributed by atoms with van der Waals surface area (Å²) in [4.78, 5) is 21.4. The van der Waals surface area contributed by atoms with Crippen LogP contribution in [0.1, 0.15) is 12.6 Å². The molecule has 8 heteroatoms. The van der Waals surface area contributed by atoms with Gasteiger partial charge in [0.1, 0.15) is 18.8 Å². The molecule has 0 radical (unpaired) electrons. The van der Waals surface area contributed by atoms with Crippen LogP contribution in [0, 0.1) is 0 Å². The lowest BCUT2D eigenvalue weighted by Gasteiger charge is -1.99. The fourth-order valence-electron chi connectivity index (χ4n) is 0.966. The lowest BCUT2D eigenvalue weighted by Crippen LogP contribution is -2.14. The summed E-state index contributed by atoms with van der Waals surface area (Å²) >= 11 is 0. The van der Waals surface area contributed by atoms with Crippen LogP contribution in [0.2, 0.25) is 0 Å². The zero-order valence-electron chi connectivity index (χ0n) is 8.75. The summed E-state index contributed by atoms with van der Waals surface area (Å²) in [5.74, 6) is -0.408. The average molecular weight is 228 g/mol. The first-order valence-corrected chi connectivity index (χ1v) is 4.58. The van der Waals surface area contributed by atoms with E-state index in [9.17, 15) is 9.59 Å². The van der Waals surface area contributed by atoms with Gasteiger partial charge in [0.25, 0.3) is 0 Å². The monoisotopic (exact) mass is 228 g/mol. The first kappa shape index (κ1) is 12.0. The zero-order chi connectivity index (χ0) is 12.0. The molecule has 1 heterocycles. The van der Waals surface area contributed by atoms with Crippen LogP contribution in [0.4, 0.5) is 4.79 Å². The van der Waals surface area contributed by atoms with Crippen molar-refractivity contribution >= 4 is 12.1 Å². The van der Waals surface area contributed by atoms with E-state index in [-0.39, 0.29) is 13.2 Å². The minimum absolute atomic E-state index is 0.0303. The first-order chi connectivity index (χ1) is 7.61. The fourth-order valence-corrected chi connectivity index (χ4v) is 0.966. The predicted molar refractivity (Wildman–Crippen MR) is 51.0 cm³/mol. The highest BCUT2D eigenvalue weighted by molar-refractivity contribution is 5.68. The highest BCUT2D eigenvalue weighted by Gasteiger charge is 2.07. The van der Waals surface area contributed by atoms with E-state index in [1.54, 1.807) is 6.92 Å². The normalized spacial score (nSPS) is 9.81. The number of carbonyl (C=O) groups is 2. The van der Waals surface area contributed by atoms with E-state index in [1.807, 2.05) is 0 Å². The lowest BCUT2D eigenvalue weighted by atomic mass is 10.5.